The number of hydrogen-bond acceptors (Lipinski definition) is 4. The summed E-state index contributed by atoms with van der Waals surface area (Å²) >= 11 is 0. The molecular weight excluding hydrogens is 414 g/mol. The third-order valence-corrected chi connectivity index (χ3v) is 8.96. The first-order valence-corrected chi connectivity index (χ1v) is 13.3. The van der Waals surface area contributed by atoms with Crippen LogP contribution < -0.4 is 0 Å². The van der Waals surface area contributed by atoms with E-state index in [0.29, 0.717) is 18.9 Å². The molecule has 1 unspecified atom stereocenters. The molecule has 182 valence electrons. The summed E-state index contributed by atoms with van der Waals surface area (Å²) in [5.41, 5.74) is 2.28. The van der Waals surface area contributed by atoms with Crippen LogP contribution in [0.15, 0.2) is 6.07 Å². The Labute approximate surface area is 198 Å². The van der Waals surface area contributed by atoms with Gasteiger partial charge in [-0.05, 0) is 57.4 Å². The van der Waals surface area contributed by atoms with Gasteiger partial charge in [0.25, 0.3) is 0 Å². The number of aryl methyl sites for hydroxylation is 3. The zero-order valence-electron chi connectivity index (χ0n) is 20.6. The van der Waals surface area contributed by atoms with E-state index in [9.17, 15) is 9.59 Å². The van der Waals surface area contributed by atoms with Gasteiger partial charge in [0.05, 0.1) is 5.69 Å². The molecule has 2 saturated heterocycles. The zero-order valence-corrected chi connectivity index (χ0v) is 20.6. The Bertz CT molecular complexity index is 858. The van der Waals surface area contributed by atoms with Gasteiger partial charge in [0.15, 0.2) is 0 Å². The van der Waals surface area contributed by atoms with Gasteiger partial charge >= 0.3 is 0 Å². The van der Waals surface area contributed by atoms with Crippen LogP contribution in [0.4, 0.5) is 0 Å². The molecule has 0 aromatic carbocycles. The minimum Gasteiger partial charge on any atom is -0.343 e. The van der Waals surface area contributed by atoms with Crippen molar-refractivity contribution in [3.05, 3.63) is 17.5 Å². The first-order valence-electron chi connectivity index (χ1n) is 13.3. The lowest BCUT2D eigenvalue weighted by atomic mass is 9.90. The van der Waals surface area contributed by atoms with Crippen LogP contribution >= 0.6 is 0 Å². The first kappa shape index (κ1) is 22.9. The highest BCUT2D eigenvalue weighted by molar-refractivity contribution is 5.83. The van der Waals surface area contributed by atoms with E-state index in [1.54, 1.807) is 0 Å². The summed E-state index contributed by atoms with van der Waals surface area (Å²) in [4.78, 5) is 32.8. The van der Waals surface area contributed by atoms with E-state index in [1.807, 2.05) is 23.4 Å². The maximum absolute atomic E-state index is 13.2. The third-order valence-electron chi connectivity index (χ3n) is 8.96. The molecule has 4 aliphatic rings. The van der Waals surface area contributed by atoms with Crippen LogP contribution in [0.5, 0.6) is 0 Å². The maximum atomic E-state index is 13.2. The molecule has 2 saturated carbocycles. The lowest BCUT2D eigenvalue weighted by Crippen LogP contribution is -2.53. The Kier molecular flexibility index (Phi) is 6.51. The number of carbonyl (C=O) groups is 2. The van der Waals surface area contributed by atoms with Gasteiger partial charge in [0, 0.05) is 69.9 Å². The number of piperazine rings is 1. The van der Waals surface area contributed by atoms with Crippen molar-refractivity contribution >= 4 is 11.8 Å². The van der Waals surface area contributed by atoms with Crippen LogP contribution in [0, 0.1) is 25.2 Å². The topological polar surface area (TPSA) is 61.7 Å². The highest BCUT2D eigenvalue weighted by Crippen LogP contribution is 2.60. The van der Waals surface area contributed by atoms with E-state index in [-0.39, 0.29) is 17.2 Å². The molecule has 1 aromatic heterocycles. The van der Waals surface area contributed by atoms with Crippen LogP contribution in [0.1, 0.15) is 69.2 Å². The van der Waals surface area contributed by atoms with Gasteiger partial charge in [-0.25, -0.2) is 0 Å². The normalized spacial score (nSPS) is 26.1. The molecular formula is C26H41N5O2. The Hall–Kier alpha value is -1.89. The summed E-state index contributed by atoms with van der Waals surface area (Å²) in [6.07, 6.45) is 10.3. The molecule has 0 N–H and O–H groups in total. The first-order chi connectivity index (χ1) is 15.9. The molecule has 2 amide bonds. The second kappa shape index (κ2) is 9.40. The molecule has 3 heterocycles. The number of likely N-dealkylation sites (tertiary alicyclic amines) is 1. The minimum absolute atomic E-state index is 0.171. The average molecular weight is 456 g/mol. The number of piperidine rings is 1. The van der Waals surface area contributed by atoms with Crippen LogP contribution in [-0.4, -0.2) is 81.6 Å². The van der Waals surface area contributed by atoms with E-state index < -0.39 is 0 Å². The van der Waals surface area contributed by atoms with Crippen molar-refractivity contribution in [3.63, 3.8) is 0 Å². The lowest BCUT2D eigenvalue weighted by Gasteiger charge is -2.41. The van der Waals surface area contributed by atoms with Crippen molar-refractivity contribution in [1.29, 1.82) is 0 Å². The number of amides is 2. The Morgan fingerprint density at radius 3 is 2.30 bits per heavy atom. The fourth-order valence-corrected chi connectivity index (χ4v) is 6.69. The second-order valence-electron chi connectivity index (χ2n) is 11.1. The molecule has 0 bridgehead atoms. The van der Waals surface area contributed by atoms with Crippen molar-refractivity contribution < 1.29 is 9.59 Å². The van der Waals surface area contributed by atoms with Crippen LogP contribution in [0.2, 0.25) is 0 Å². The Morgan fingerprint density at radius 1 is 0.970 bits per heavy atom. The number of nitrogens with zero attached hydrogens (tertiary/aromatic N) is 5. The van der Waals surface area contributed by atoms with Gasteiger partial charge in [-0.15, -0.1) is 0 Å². The van der Waals surface area contributed by atoms with Crippen molar-refractivity contribution in [3.8, 4) is 0 Å². The van der Waals surface area contributed by atoms with Crippen LogP contribution in [-0.2, 0) is 16.1 Å². The van der Waals surface area contributed by atoms with Gasteiger partial charge < -0.3 is 9.80 Å². The van der Waals surface area contributed by atoms with E-state index in [2.05, 4.69) is 21.0 Å². The summed E-state index contributed by atoms with van der Waals surface area (Å²) in [6.45, 7) is 10.2. The smallest absolute Gasteiger partial charge is 0.226 e. The summed E-state index contributed by atoms with van der Waals surface area (Å²) in [5.74, 6) is 0.813. The Morgan fingerprint density at radius 2 is 1.67 bits per heavy atom. The highest BCUT2D eigenvalue weighted by atomic mass is 16.2. The van der Waals surface area contributed by atoms with Gasteiger partial charge in [0.1, 0.15) is 0 Å². The SMILES string of the molecule is Cc1cc(C)n(CCC(=O)N2CCC3(CC2)CC3C(=O)N2CCN(C3CCCCC3)CC2)n1. The lowest BCUT2D eigenvalue weighted by molar-refractivity contribution is -0.136. The molecule has 33 heavy (non-hydrogen) atoms. The van der Waals surface area contributed by atoms with Crippen molar-refractivity contribution in [1.82, 2.24) is 24.5 Å². The van der Waals surface area contributed by atoms with Gasteiger partial charge in [0.2, 0.25) is 11.8 Å². The van der Waals surface area contributed by atoms with Crippen molar-refractivity contribution in [2.45, 2.75) is 84.2 Å². The predicted molar refractivity (Wildman–Crippen MR) is 128 cm³/mol. The fraction of sp³-hybridized carbons (Fsp3) is 0.808. The molecule has 4 fully saturated rings. The average Bonchev–Trinajstić information content (AvgIpc) is 3.44. The van der Waals surface area contributed by atoms with Gasteiger partial charge in [-0.1, -0.05) is 19.3 Å². The molecule has 1 atom stereocenters. The zero-order chi connectivity index (χ0) is 23.0. The maximum Gasteiger partial charge on any atom is 0.226 e. The van der Waals surface area contributed by atoms with Gasteiger partial charge in [-0.3, -0.25) is 19.2 Å². The third kappa shape index (κ3) is 4.84. The monoisotopic (exact) mass is 455 g/mol. The van der Waals surface area contributed by atoms with Gasteiger partial charge in [-0.2, -0.15) is 5.10 Å². The van der Waals surface area contributed by atoms with E-state index in [4.69, 9.17) is 0 Å². The molecule has 7 nitrogen and oxygen atoms in total. The van der Waals surface area contributed by atoms with E-state index in [0.717, 1.165) is 76.0 Å². The molecule has 2 aliphatic carbocycles. The van der Waals surface area contributed by atoms with Crippen molar-refractivity contribution in [2.75, 3.05) is 39.3 Å². The largest absolute Gasteiger partial charge is 0.343 e. The number of rotatable bonds is 5. The summed E-state index contributed by atoms with van der Waals surface area (Å²) < 4.78 is 1.93. The summed E-state index contributed by atoms with van der Waals surface area (Å²) in [7, 11) is 0. The Balaban J connectivity index is 1.05. The molecule has 1 spiro atoms. The molecule has 7 heteroatoms. The summed E-state index contributed by atoms with van der Waals surface area (Å²) in [6, 6.07) is 2.81. The van der Waals surface area contributed by atoms with E-state index in [1.165, 1.54) is 32.1 Å². The molecule has 2 aliphatic heterocycles. The second-order valence-corrected chi connectivity index (χ2v) is 11.1. The van der Waals surface area contributed by atoms with Crippen LogP contribution in [0.25, 0.3) is 0 Å². The van der Waals surface area contributed by atoms with Crippen molar-refractivity contribution in [2.24, 2.45) is 11.3 Å². The fourth-order valence-electron chi connectivity index (χ4n) is 6.69. The quantitative estimate of drug-likeness (QED) is 0.685. The highest BCUT2D eigenvalue weighted by Gasteiger charge is 2.59. The number of carbonyl (C=O) groups excluding carboxylic acids is 2. The minimum atomic E-state index is 0.171. The number of aromatic nitrogens is 2. The van der Waals surface area contributed by atoms with E-state index >= 15 is 0 Å². The predicted octanol–water partition coefficient (Wildman–Crippen LogP) is 3.00. The molecule has 5 rings (SSSR count). The molecule has 0 radical (unpaired) electrons. The molecule has 1 aromatic rings. The standard InChI is InChI=1S/C26H41N5O2/c1-20-18-21(2)31(27-20)11-8-24(32)29-12-9-26(10-13-29)19-23(26)25(33)30-16-14-28(15-17-30)22-6-4-3-5-7-22/h18,22-23H,3-17,19H2,1-2H3. The summed E-state index contributed by atoms with van der Waals surface area (Å²) in [5, 5.41) is 4.47. The van der Waals surface area contributed by atoms with Crippen LogP contribution in [0.3, 0.4) is 0 Å². The number of hydrogen-bond donors (Lipinski definition) is 0.